The van der Waals surface area contributed by atoms with Crippen LogP contribution in [0.5, 0.6) is 5.75 Å². The molecule has 4 aromatic rings. The molecule has 210 valence electrons. The molecule has 0 atom stereocenters. The fourth-order valence-electron chi connectivity index (χ4n) is 4.84. The molecule has 10 nitrogen and oxygen atoms in total. The average molecular weight is 562 g/mol. The summed E-state index contributed by atoms with van der Waals surface area (Å²) in [6.45, 7) is 7.16. The second kappa shape index (κ2) is 11.3. The molecule has 11 heteroatoms. The fraction of sp³-hybridized carbons (Fsp3) is 0.345. The van der Waals surface area contributed by atoms with Crippen molar-refractivity contribution in [1.82, 2.24) is 25.1 Å². The van der Waals surface area contributed by atoms with E-state index >= 15 is 0 Å². The molecule has 0 unspecified atom stereocenters. The molecule has 4 N–H and O–H groups in total. The Bertz CT molecular complexity index is 1630. The minimum absolute atomic E-state index is 0.0617. The first-order valence-corrected chi connectivity index (χ1v) is 14.9. The number of nitrogens with two attached hydrogens (primary N) is 1. The Morgan fingerprint density at radius 3 is 2.55 bits per heavy atom. The van der Waals surface area contributed by atoms with E-state index in [1.54, 1.807) is 49.0 Å². The summed E-state index contributed by atoms with van der Waals surface area (Å²) in [5, 5.41) is 10.4. The molecule has 0 spiro atoms. The van der Waals surface area contributed by atoms with Gasteiger partial charge >= 0.3 is 0 Å². The number of nitrogen functional groups attached to an aromatic ring is 1. The quantitative estimate of drug-likeness (QED) is 0.284. The maximum Gasteiger partial charge on any atom is 0.221 e. The van der Waals surface area contributed by atoms with Gasteiger partial charge in [-0.15, -0.1) is 0 Å². The van der Waals surface area contributed by atoms with E-state index in [0.717, 1.165) is 48.2 Å². The Morgan fingerprint density at radius 2 is 1.85 bits per heavy atom. The number of nitrogens with one attached hydrogen (secondary N) is 2. The highest BCUT2D eigenvalue weighted by molar-refractivity contribution is 7.92. The number of anilines is 3. The summed E-state index contributed by atoms with van der Waals surface area (Å²) in [4.78, 5) is 9.00. The van der Waals surface area contributed by atoms with Crippen molar-refractivity contribution in [3.8, 4) is 28.0 Å². The SMILES string of the molecule is Cc1cc(OC2CCNCC2)c(-c2cnc(N)nc2Nc2ccccc2S(=O)(=O)C(C)C)cc1-c1cnn(C)c1. The zero-order valence-corrected chi connectivity index (χ0v) is 24.0. The van der Waals surface area contributed by atoms with Gasteiger partial charge in [-0.3, -0.25) is 4.68 Å². The lowest BCUT2D eigenvalue weighted by atomic mass is 9.96. The van der Waals surface area contributed by atoms with Gasteiger partial charge in [-0.1, -0.05) is 12.1 Å². The van der Waals surface area contributed by atoms with Crippen molar-refractivity contribution in [1.29, 1.82) is 0 Å². The van der Waals surface area contributed by atoms with Gasteiger partial charge in [0.15, 0.2) is 9.84 Å². The first-order valence-electron chi connectivity index (χ1n) is 13.4. The number of benzene rings is 2. The molecular weight excluding hydrogens is 526 g/mol. The van der Waals surface area contributed by atoms with Crippen LogP contribution in [-0.4, -0.2) is 52.6 Å². The Balaban J connectivity index is 1.66. The van der Waals surface area contributed by atoms with E-state index in [1.165, 1.54) is 0 Å². The van der Waals surface area contributed by atoms with E-state index in [9.17, 15) is 8.42 Å². The van der Waals surface area contributed by atoms with Crippen molar-refractivity contribution in [2.45, 2.75) is 49.9 Å². The van der Waals surface area contributed by atoms with Gasteiger partial charge in [-0.05, 0) is 82.1 Å². The van der Waals surface area contributed by atoms with Gasteiger partial charge in [0.05, 0.1) is 22.0 Å². The molecule has 1 aliphatic heterocycles. The molecular formula is C29H35N7O3S. The molecule has 2 aromatic carbocycles. The first-order chi connectivity index (χ1) is 19.1. The summed E-state index contributed by atoms with van der Waals surface area (Å²) in [6, 6.07) is 10.9. The maximum absolute atomic E-state index is 13.2. The third kappa shape index (κ3) is 5.66. The summed E-state index contributed by atoms with van der Waals surface area (Å²) in [7, 11) is -1.68. The van der Waals surface area contributed by atoms with Crippen LogP contribution in [0.4, 0.5) is 17.5 Å². The van der Waals surface area contributed by atoms with Crippen LogP contribution in [0.1, 0.15) is 32.3 Å². The predicted octanol–water partition coefficient (Wildman–Crippen LogP) is 4.49. The lowest BCUT2D eigenvalue weighted by Gasteiger charge is -2.26. The van der Waals surface area contributed by atoms with Crippen LogP contribution < -0.4 is 21.1 Å². The molecule has 0 saturated carbocycles. The van der Waals surface area contributed by atoms with Crippen LogP contribution in [0.3, 0.4) is 0 Å². The third-order valence-electron chi connectivity index (χ3n) is 7.09. The molecule has 0 aliphatic carbocycles. The van der Waals surface area contributed by atoms with Gasteiger partial charge in [0.1, 0.15) is 17.7 Å². The lowest BCUT2D eigenvalue weighted by Crippen LogP contribution is -2.34. The number of sulfone groups is 1. The molecule has 0 amide bonds. The molecule has 5 rings (SSSR count). The van der Waals surface area contributed by atoms with E-state index in [0.29, 0.717) is 22.8 Å². The van der Waals surface area contributed by atoms with Crippen LogP contribution in [0.15, 0.2) is 59.9 Å². The van der Waals surface area contributed by atoms with Crippen molar-refractivity contribution in [2.24, 2.45) is 7.05 Å². The van der Waals surface area contributed by atoms with E-state index in [4.69, 9.17) is 10.5 Å². The minimum Gasteiger partial charge on any atom is -0.490 e. The van der Waals surface area contributed by atoms with Crippen LogP contribution in [0, 0.1) is 6.92 Å². The Morgan fingerprint density at radius 1 is 1.10 bits per heavy atom. The van der Waals surface area contributed by atoms with E-state index in [2.05, 4.69) is 31.8 Å². The van der Waals surface area contributed by atoms with Crippen LogP contribution in [0.25, 0.3) is 22.3 Å². The summed E-state index contributed by atoms with van der Waals surface area (Å²) in [5.74, 6) is 1.16. The molecule has 3 heterocycles. The molecule has 0 radical (unpaired) electrons. The molecule has 0 bridgehead atoms. The van der Waals surface area contributed by atoms with Gasteiger partial charge in [-0.2, -0.15) is 10.1 Å². The Hall–Kier alpha value is -3.96. The highest BCUT2D eigenvalue weighted by atomic mass is 32.2. The number of aromatic nitrogens is 4. The zero-order chi connectivity index (χ0) is 28.4. The first kappa shape index (κ1) is 27.6. The van der Waals surface area contributed by atoms with E-state index in [-0.39, 0.29) is 16.9 Å². The van der Waals surface area contributed by atoms with Gasteiger partial charge in [0.25, 0.3) is 0 Å². The minimum atomic E-state index is -3.57. The maximum atomic E-state index is 13.2. The Kier molecular flexibility index (Phi) is 7.77. The second-order valence-corrected chi connectivity index (χ2v) is 12.8. The van der Waals surface area contributed by atoms with Gasteiger partial charge in [-0.25, -0.2) is 13.4 Å². The second-order valence-electron chi connectivity index (χ2n) is 10.3. The van der Waals surface area contributed by atoms with Crippen LogP contribution in [0.2, 0.25) is 0 Å². The van der Waals surface area contributed by atoms with Gasteiger partial charge < -0.3 is 21.1 Å². The summed E-state index contributed by atoms with van der Waals surface area (Å²) in [5.41, 5.74) is 10.9. The number of piperidine rings is 1. The molecule has 2 aromatic heterocycles. The summed E-state index contributed by atoms with van der Waals surface area (Å²) >= 11 is 0. The van der Waals surface area contributed by atoms with Crippen molar-refractivity contribution in [3.05, 3.63) is 60.6 Å². The standard InChI is InChI=1S/C29H35N7O3S/c1-18(2)40(37,38)27-8-6-5-7-25(27)34-28-24(16-32-29(30)35-28)23-14-22(20-15-33-36(4)17-20)19(3)13-26(23)39-21-9-11-31-12-10-21/h5-8,13-18,21,31H,9-12H2,1-4H3,(H3,30,32,34,35). The number of ether oxygens (including phenoxy) is 1. The number of aryl methyl sites for hydroxylation is 2. The van der Waals surface area contributed by atoms with Crippen molar-refractivity contribution < 1.29 is 13.2 Å². The normalized spacial score (nSPS) is 14.4. The zero-order valence-electron chi connectivity index (χ0n) is 23.2. The highest BCUT2D eigenvalue weighted by Crippen LogP contribution is 2.41. The van der Waals surface area contributed by atoms with Gasteiger partial charge in [0, 0.05) is 36.1 Å². The predicted molar refractivity (Wildman–Crippen MR) is 157 cm³/mol. The van der Waals surface area contributed by atoms with Crippen molar-refractivity contribution in [2.75, 3.05) is 24.1 Å². The summed E-state index contributed by atoms with van der Waals surface area (Å²) in [6.07, 6.45) is 7.29. The summed E-state index contributed by atoms with van der Waals surface area (Å²) < 4.78 is 34.7. The van der Waals surface area contributed by atoms with Crippen LogP contribution in [-0.2, 0) is 16.9 Å². The number of hydrogen-bond acceptors (Lipinski definition) is 9. The third-order valence-corrected chi connectivity index (χ3v) is 9.30. The topological polar surface area (TPSA) is 137 Å². The Labute approximate surface area is 234 Å². The smallest absolute Gasteiger partial charge is 0.221 e. The molecule has 1 aliphatic rings. The highest BCUT2D eigenvalue weighted by Gasteiger charge is 2.25. The molecule has 1 saturated heterocycles. The van der Waals surface area contributed by atoms with E-state index in [1.807, 2.05) is 32.4 Å². The fourth-order valence-corrected chi connectivity index (χ4v) is 6.04. The van der Waals surface area contributed by atoms with Crippen molar-refractivity contribution in [3.63, 3.8) is 0 Å². The monoisotopic (exact) mass is 561 g/mol. The number of hydrogen-bond donors (Lipinski definition) is 3. The van der Waals surface area contributed by atoms with Crippen molar-refractivity contribution >= 4 is 27.3 Å². The average Bonchev–Trinajstić information content (AvgIpc) is 3.36. The van der Waals surface area contributed by atoms with Gasteiger partial charge in [0.2, 0.25) is 5.95 Å². The number of para-hydroxylation sites is 1. The number of rotatable bonds is 8. The lowest BCUT2D eigenvalue weighted by molar-refractivity contribution is 0.163. The van der Waals surface area contributed by atoms with Crippen LogP contribution >= 0.6 is 0 Å². The largest absolute Gasteiger partial charge is 0.490 e. The number of nitrogens with zero attached hydrogens (tertiary/aromatic N) is 4. The molecule has 40 heavy (non-hydrogen) atoms. The molecule has 1 fully saturated rings. The van der Waals surface area contributed by atoms with E-state index < -0.39 is 15.1 Å².